The van der Waals surface area contributed by atoms with Gasteiger partial charge in [0.15, 0.2) is 18.2 Å². The van der Waals surface area contributed by atoms with Crippen molar-refractivity contribution in [2.75, 3.05) is 26.7 Å². The van der Waals surface area contributed by atoms with E-state index in [9.17, 15) is 14.4 Å². The number of aliphatic imine (C=N–C) groups is 1. The molecule has 11 heteroatoms. The standard InChI is InChI=1S/C21H30N6O5/c1-3-25-13-17-26(15(18(25)28)10-7-11-24-20(22)23)19(29)16(32-27(17)21(30)31-2)12-14-8-5-4-6-9-14/h4-6,8-9,15-17H,3,7,10-13H2,1-2H3,(H4,22,23,24)/t15-,16+,17?/m0/s1. The van der Waals surface area contributed by atoms with Crippen LogP contribution in [-0.4, -0.2) is 83.8 Å². The Morgan fingerprint density at radius 2 is 1.94 bits per heavy atom. The van der Waals surface area contributed by atoms with Crippen molar-refractivity contribution in [2.24, 2.45) is 16.5 Å². The number of carbonyl (C=O) groups excluding carboxylic acids is 3. The van der Waals surface area contributed by atoms with Gasteiger partial charge < -0.3 is 26.0 Å². The van der Waals surface area contributed by atoms with E-state index in [-0.39, 0.29) is 30.7 Å². The number of nitrogens with two attached hydrogens (primary N) is 2. The van der Waals surface area contributed by atoms with Gasteiger partial charge in [-0.25, -0.2) is 4.79 Å². The number of guanidine groups is 1. The Bertz CT molecular complexity index is 859. The summed E-state index contributed by atoms with van der Waals surface area (Å²) in [6.07, 6.45) is -1.38. The monoisotopic (exact) mass is 446 g/mol. The fourth-order valence-electron chi connectivity index (χ4n) is 4.07. The molecule has 32 heavy (non-hydrogen) atoms. The summed E-state index contributed by atoms with van der Waals surface area (Å²) >= 11 is 0. The average Bonchev–Trinajstić information content (AvgIpc) is 2.79. The Morgan fingerprint density at radius 3 is 2.56 bits per heavy atom. The van der Waals surface area contributed by atoms with Gasteiger partial charge >= 0.3 is 6.09 Å². The highest BCUT2D eigenvalue weighted by atomic mass is 16.7. The summed E-state index contributed by atoms with van der Waals surface area (Å²) < 4.78 is 4.90. The van der Waals surface area contributed by atoms with Crippen LogP contribution in [0.1, 0.15) is 25.3 Å². The Labute approximate surface area is 186 Å². The van der Waals surface area contributed by atoms with Gasteiger partial charge in [0.25, 0.3) is 5.91 Å². The first-order chi connectivity index (χ1) is 15.4. The molecule has 3 amide bonds. The molecule has 3 atom stereocenters. The van der Waals surface area contributed by atoms with Crippen molar-refractivity contribution < 1.29 is 24.0 Å². The summed E-state index contributed by atoms with van der Waals surface area (Å²) in [4.78, 5) is 52.1. The normalized spacial score (nSPS) is 23.1. The van der Waals surface area contributed by atoms with Crippen molar-refractivity contribution in [3.63, 3.8) is 0 Å². The van der Waals surface area contributed by atoms with Crippen LogP contribution in [0, 0.1) is 0 Å². The van der Waals surface area contributed by atoms with Crippen LogP contribution in [0.2, 0.25) is 0 Å². The Hall–Kier alpha value is -3.34. The van der Waals surface area contributed by atoms with E-state index in [1.807, 2.05) is 37.3 Å². The van der Waals surface area contributed by atoms with E-state index >= 15 is 0 Å². The number of carbonyl (C=O) groups is 3. The van der Waals surface area contributed by atoms with E-state index in [1.54, 1.807) is 4.90 Å². The molecule has 0 bridgehead atoms. The number of nitrogens with zero attached hydrogens (tertiary/aromatic N) is 4. The lowest BCUT2D eigenvalue weighted by Gasteiger charge is -2.52. The number of methoxy groups -OCH3 is 1. The number of piperazine rings is 1. The first kappa shape index (κ1) is 23.3. The third-order valence-electron chi connectivity index (χ3n) is 5.61. The van der Waals surface area contributed by atoms with Gasteiger partial charge in [0.05, 0.1) is 13.7 Å². The fourth-order valence-corrected chi connectivity index (χ4v) is 4.07. The number of amides is 3. The maximum absolute atomic E-state index is 13.5. The molecule has 1 aromatic carbocycles. The molecule has 2 fully saturated rings. The second-order valence-electron chi connectivity index (χ2n) is 7.65. The third-order valence-corrected chi connectivity index (χ3v) is 5.61. The first-order valence-electron chi connectivity index (χ1n) is 10.6. The van der Waals surface area contributed by atoms with Crippen molar-refractivity contribution in [1.82, 2.24) is 14.9 Å². The van der Waals surface area contributed by atoms with Crippen LogP contribution in [0.15, 0.2) is 35.3 Å². The average molecular weight is 447 g/mol. The number of rotatable bonds is 7. The van der Waals surface area contributed by atoms with Gasteiger partial charge in [-0.1, -0.05) is 30.3 Å². The number of likely N-dealkylation sites (N-methyl/N-ethyl adjacent to an activating group) is 1. The Balaban J connectivity index is 1.91. The first-order valence-corrected chi connectivity index (χ1v) is 10.6. The van der Waals surface area contributed by atoms with Crippen molar-refractivity contribution in [2.45, 2.75) is 44.5 Å². The lowest BCUT2D eigenvalue weighted by molar-refractivity contribution is -0.265. The molecule has 3 rings (SSSR count). The topological polar surface area (TPSA) is 144 Å². The molecular weight excluding hydrogens is 416 g/mol. The molecule has 2 aliphatic heterocycles. The second-order valence-corrected chi connectivity index (χ2v) is 7.65. The van der Waals surface area contributed by atoms with Crippen LogP contribution < -0.4 is 11.5 Å². The number of benzene rings is 1. The molecule has 2 aliphatic rings. The Morgan fingerprint density at radius 1 is 1.22 bits per heavy atom. The highest BCUT2D eigenvalue weighted by Gasteiger charge is 2.52. The highest BCUT2D eigenvalue weighted by Crippen LogP contribution is 2.30. The van der Waals surface area contributed by atoms with Crippen LogP contribution in [0.3, 0.4) is 0 Å². The Kier molecular flexibility index (Phi) is 7.52. The molecule has 0 aliphatic carbocycles. The summed E-state index contributed by atoms with van der Waals surface area (Å²) in [5.41, 5.74) is 11.6. The number of ether oxygens (including phenoxy) is 1. The summed E-state index contributed by atoms with van der Waals surface area (Å²) in [5, 5.41) is 1.08. The van der Waals surface area contributed by atoms with Gasteiger partial charge in [0.2, 0.25) is 5.91 Å². The van der Waals surface area contributed by atoms with Crippen LogP contribution in [0.25, 0.3) is 0 Å². The maximum Gasteiger partial charge on any atom is 0.435 e. The molecular formula is C21H30N6O5. The minimum Gasteiger partial charge on any atom is -0.451 e. The van der Waals surface area contributed by atoms with E-state index in [0.29, 0.717) is 25.9 Å². The predicted molar refractivity (Wildman–Crippen MR) is 116 cm³/mol. The predicted octanol–water partition coefficient (Wildman–Crippen LogP) is 0.0503. The van der Waals surface area contributed by atoms with Crippen LogP contribution in [0.5, 0.6) is 0 Å². The zero-order chi connectivity index (χ0) is 23.3. The smallest absolute Gasteiger partial charge is 0.435 e. The molecule has 2 saturated heterocycles. The molecule has 0 spiro atoms. The molecule has 1 aromatic rings. The molecule has 0 aromatic heterocycles. The summed E-state index contributed by atoms with van der Waals surface area (Å²) in [6.45, 7) is 2.74. The quantitative estimate of drug-likeness (QED) is 0.342. The lowest BCUT2D eigenvalue weighted by Crippen LogP contribution is -2.73. The molecule has 0 radical (unpaired) electrons. The van der Waals surface area contributed by atoms with Crippen LogP contribution in [0.4, 0.5) is 4.79 Å². The van der Waals surface area contributed by atoms with Gasteiger partial charge in [-0.2, -0.15) is 5.06 Å². The van der Waals surface area contributed by atoms with Crippen LogP contribution >= 0.6 is 0 Å². The lowest BCUT2D eigenvalue weighted by atomic mass is 9.99. The third kappa shape index (κ3) is 4.93. The van der Waals surface area contributed by atoms with Crippen molar-refractivity contribution in [1.29, 1.82) is 0 Å². The van der Waals surface area contributed by atoms with E-state index < -0.39 is 24.4 Å². The van der Waals surface area contributed by atoms with Crippen molar-refractivity contribution in [3.8, 4) is 0 Å². The molecule has 0 saturated carbocycles. The van der Waals surface area contributed by atoms with Gasteiger partial charge in [-0.3, -0.25) is 19.4 Å². The SMILES string of the molecule is CCN1CC2N(C(=O)OC)O[C@H](Cc3ccccc3)C(=O)N2[C@@H](CCCN=C(N)N)C1=O. The second kappa shape index (κ2) is 10.3. The largest absolute Gasteiger partial charge is 0.451 e. The zero-order valence-electron chi connectivity index (χ0n) is 18.3. The van der Waals surface area contributed by atoms with E-state index in [4.69, 9.17) is 21.0 Å². The van der Waals surface area contributed by atoms with Gasteiger partial charge in [-0.15, -0.1) is 0 Å². The highest BCUT2D eigenvalue weighted by molar-refractivity contribution is 5.92. The molecule has 174 valence electrons. The molecule has 2 heterocycles. The molecule has 1 unspecified atom stereocenters. The molecule has 11 nitrogen and oxygen atoms in total. The maximum atomic E-state index is 13.5. The number of hydrogen-bond donors (Lipinski definition) is 2. The minimum atomic E-state index is -0.964. The van der Waals surface area contributed by atoms with Crippen molar-refractivity contribution in [3.05, 3.63) is 35.9 Å². The zero-order valence-corrected chi connectivity index (χ0v) is 18.3. The van der Waals surface area contributed by atoms with Gasteiger partial charge in [0, 0.05) is 19.5 Å². The van der Waals surface area contributed by atoms with Crippen LogP contribution in [-0.2, 0) is 25.6 Å². The number of hydroxylamine groups is 2. The minimum absolute atomic E-state index is 0.0322. The van der Waals surface area contributed by atoms with E-state index in [1.165, 1.54) is 12.0 Å². The van der Waals surface area contributed by atoms with E-state index in [2.05, 4.69) is 4.99 Å². The summed E-state index contributed by atoms with van der Waals surface area (Å²) in [6, 6.07) is 8.58. The van der Waals surface area contributed by atoms with E-state index in [0.717, 1.165) is 10.6 Å². The number of hydrogen-bond acceptors (Lipinski definition) is 6. The number of fused-ring (bicyclic) bond motifs is 1. The van der Waals surface area contributed by atoms with Gasteiger partial charge in [-0.05, 0) is 25.3 Å². The molecule has 4 N–H and O–H groups in total. The summed E-state index contributed by atoms with van der Waals surface area (Å²) in [7, 11) is 1.25. The van der Waals surface area contributed by atoms with Crippen molar-refractivity contribution >= 4 is 23.9 Å². The fraction of sp³-hybridized carbons (Fsp3) is 0.524. The summed E-state index contributed by atoms with van der Waals surface area (Å²) in [5.74, 6) is -0.544. The van der Waals surface area contributed by atoms with Gasteiger partial charge in [0.1, 0.15) is 6.04 Å².